The number of rotatable bonds is 2. The molecule has 27 heavy (non-hydrogen) atoms. The van der Waals surface area contributed by atoms with Crippen LogP contribution in [0.15, 0.2) is 30.4 Å². The Labute approximate surface area is 160 Å². The number of allylic oxidation sites excluding steroid dienone is 2. The van der Waals surface area contributed by atoms with E-state index in [2.05, 4.69) is 4.98 Å². The number of nitrogens with zero attached hydrogens (tertiary/aromatic N) is 3. The van der Waals surface area contributed by atoms with E-state index in [4.69, 9.17) is 0 Å². The second-order valence-electron chi connectivity index (χ2n) is 7.48. The highest BCUT2D eigenvalue weighted by Gasteiger charge is 2.52. The second-order valence-corrected chi connectivity index (χ2v) is 8.72. The first-order valence-electron chi connectivity index (χ1n) is 9.21. The minimum atomic E-state index is -0.204. The summed E-state index contributed by atoms with van der Waals surface area (Å²) in [5.41, 5.74) is 1.53. The minimum Gasteiger partial charge on any atom is -0.334 e. The third-order valence-corrected chi connectivity index (χ3v) is 6.73. The second kappa shape index (κ2) is 5.99. The number of thiazole rings is 1. The fourth-order valence-corrected chi connectivity index (χ4v) is 5.19. The van der Waals surface area contributed by atoms with Crippen molar-refractivity contribution in [1.29, 1.82) is 0 Å². The number of imide groups is 1. The van der Waals surface area contributed by atoms with Crippen LogP contribution in [0.4, 0.5) is 0 Å². The number of fused-ring (bicyclic) bond motifs is 2. The van der Waals surface area contributed by atoms with Gasteiger partial charge in [-0.15, -0.1) is 11.3 Å². The summed E-state index contributed by atoms with van der Waals surface area (Å²) < 4.78 is 0.997. The smallest absolute Gasteiger partial charge is 0.254 e. The predicted molar refractivity (Wildman–Crippen MR) is 101 cm³/mol. The number of amides is 3. The van der Waals surface area contributed by atoms with Crippen LogP contribution in [-0.2, 0) is 9.59 Å². The molecule has 2 atom stereocenters. The van der Waals surface area contributed by atoms with E-state index < -0.39 is 0 Å². The molecule has 2 aliphatic heterocycles. The van der Waals surface area contributed by atoms with E-state index in [1.54, 1.807) is 22.3 Å². The van der Waals surface area contributed by atoms with Gasteiger partial charge in [0, 0.05) is 18.7 Å². The number of likely N-dealkylation sites (tertiary alicyclic amines) is 2. The van der Waals surface area contributed by atoms with Crippen molar-refractivity contribution in [2.45, 2.75) is 25.8 Å². The summed E-state index contributed by atoms with van der Waals surface area (Å²) >= 11 is 1.57. The normalized spacial score (nSPS) is 25.2. The lowest BCUT2D eigenvalue weighted by molar-refractivity contribution is -0.145. The van der Waals surface area contributed by atoms with E-state index in [0.29, 0.717) is 31.5 Å². The lowest BCUT2D eigenvalue weighted by Crippen LogP contribution is -2.62. The maximum absolute atomic E-state index is 12.8. The number of hydrogen-bond donors (Lipinski definition) is 0. The SMILES string of the molecule is Cc1nc2ccc(C(=O)N3CC(N4C(=O)C5CC=CCC5C4=O)C3)cc2s1. The van der Waals surface area contributed by atoms with Crippen LogP contribution < -0.4 is 0 Å². The number of benzene rings is 1. The van der Waals surface area contributed by atoms with E-state index in [-0.39, 0.29) is 35.6 Å². The van der Waals surface area contributed by atoms with Gasteiger partial charge in [0.25, 0.3) is 5.91 Å². The lowest BCUT2D eigenvalue weighted by Gasteiger charge is -2.43. The van der Waals surface area contributed by atoms with Crippen LogP contribution in [0.2, 0.25) is 0 Å². The van der Waals surface area contributed by atoms with Crippen molar-refractivity contribution in [3.05, 3.63) is 40.9 Å². The van der Waals surface area contributed by atoms with Crippen LogP contribution in [0.3, 0.4) is 0 Å². The molecule has 6 nitrogen and oxygen atoms in total. The van der Waals surface area contributed by atoms with Crippen LogP contribution in [0.1, 0.15) is 28.2 Å². The average Bonchev–Trinajstić information content (AvgIpc) is 3.12. The molecule has 7 heteroatoms. The Morgan fingerprint density at radius 3 is 2.44 bits per heavy atom. The van der Waals surface area contributed by atoms with Crippen molar-refractivity contribution in [1.82, 2.24) is 14.8 Å². The molecule has 1 aliphatic carbocycles. The summed E-state index contributed by atoms with van der Waals surface area (Å²) in [4.78, 5) is 45.6. The van der Waals surface area contributed by atoms with Gasteiger partial charge in [0.15, 0.2) is 0 Å². The van der Waals surface area contributed by atoms with Gasteiger partial charge in [-0.3, -0.25) is 19.3 Å². The van der Waals surface area contributed by atoms with Crippen LogP contribution in [0.5, 0.6) is 0 Å². The molecule has 0 bridgehead atoms. The Balaban J connectivity index is 1.29. The first kappa shape index (κ1) is 16.6. The molecule has 3 aliphatic rings. The summed E-state index contributed by atoms with van der Waals surface area (Å²) in [6.07, 6.45) is 5.28. The average molecular weight is 381 g/mol. The first-order valence-corrected chi connectivity index (χ1v) is 10.0. The molecule has 0 radical (unpaired) electrons. The molecule has 2 saturated heterocycles. The van der Waals surface area contributed by atoms with Crippen molar-refractivity contribution < 1.29 is 14.4 Å². The number of aromatic nitrogens is 1. The van der Waals surface area contributed by atoms with E-state index in [0.717, 1.165) is 15.2 Å². The van der Waals surface area contributed by atoms with Crippen LogP contribution in [0, 0.1) is 18.8 Å². The molecule has 3 heterocycles. The van der Waals surface area contributed by atoms with Crippen molar-refractivity contribution in [3.8, 4) is 0 Å². The number of carbonyl (C=O) groups is 3. The molecule has 2 unspecified atom stereocenters. The van der Waals surface area contributed by atoms with Crippen molar-refractivity contribution in [2.24, 2.45) is 11.8 Å². The summed E-state index contributed by atoms with van der Waals surface area (Å²) in [6, 6.07) is 5.36. The molecule has 2 fully saturated rings. The highest BCUT2D eigenvalue weighted by molar-refractivity contribution is 7.18. The van der Waals surface area contributed by atoms with Crippen LogP contribution in [-0.4, -0.2) is 51.6 Å². The van der Waals surface area contributed by atoms with Crippen LogP contribution >= 0.6 is 11.3 Å². The fraction of sp³-hybridized carbons (Fsp3) is 0.400. The zero-order chi connectivity index (χ0) is 18.7. The van der Waals surface area contributed by atoms with E-state index in [1.807, 2.05) is 31.2 Å². The summed E-state index contributed by atoms with van der Waals surface area (Å²) in [5.74, 6) is -0.591. The lowest BCUT2D eigenvalue weighted by atomic mass is 9.85. The fourth-order valence-electron chi connectivity index (χ4n) is 4.33. The predicted octanol–water partition coefficient (Wildman–Crippen LogP) is 2.38. The quantitative estimate of drug-likeness (QED) is 0.592. The number of carbonyl (C=O) groups excluding carboxylic acids is 3. The van der Waals surface area contributed by atoms with Gasteiger partial charge in [-0.05, 0) is 38.0 Å². The van der Waals surface area contributed by atoms with Gasteiger partial charge in [-0.2, -0.15) is 0 Å². The summed E-state index contributed by atoms with van der Waals surface area (Å²) in [7, 11) is 0. The highest BCUT2D eigenvalue weighted by Crippen LogP contribution is 2.37. The third-order valence-electron chi connectivity index (χ3n) is 5.80. The van der Waals surface area contributed by atoms with E-state index in [9.17, 15) is 14.4 Å². The molecule has 1 aromatic heterocycles. The molecule has 1 aromatic carbocycles. The van der Waals surface area contributed by atoms with Gasteiger partial charge in [0.2, 0.25) is 11.8 Å². The highest BCUT2D eigenvalue weighted by atomic mass is 32.1. The zero-order valence-electron chi connectivity index (χ0n) is 14.9. The van der Waals surface area contributed by atoms with Gasteiger partial charge < -0.3 is 4.90 Å². The number of aryl methyl sites for hydroxylation is 1. The minimum absolute atomic E-state index is 0.0580. The Hall–Kier alpha value is -2.54. The van der Waals surface area contributed by atoms with Crippen molar-refractivity contribution >= 4 is 39.3 Å². The van der Waals surface area contributed by atoms with Gasteiger partial charge in [-0.25, -0.2) is 4.98 Å². The van der Waals surface area contributed by atoms with Gasteiger partial charge in [0.05, 0.1) is 33.1 Å². The summed E-state index contributed by atoms with van der Waals surface area (Å²) in [5, 5.41) is 0.973. The Kier molecular flexibility index (Phi) is 3.69. The topological polar surface area (TPSA) is 70.6 Å². The standard InChI is InChI=1S/C20H19N3O3S/c1-11-21-16-7-6-12(8-17(16)27-11)18(24)22-9-13(10-22)23-19(25)14-4-2-3-5-15(14)20(23)26/h2-3,6-8,13-15H,4-5,9-10H2,1H3. The Bertz CT molecular complexity index is 979. The van der Waals surface area contributed by atoms with Gasteiger partial charge in [0.1, 0.15) is 0 Å². The largest absolute Gasteiger partial charge is 0.334 e. The van der Waals surface area contributed by atoms with E-state index >= 15 is 0 Å². The van der Waals surface area contributed by atoms with Crippen LogP contribution in [0.25, 0.3) is 10.2 Å². The van der Waals surface area contributed by atoms with E-state index in [1.165, 1.54) is 4.90 Å². The van der Waals surface area contributed by atoms with Gasteiger partial charge in [-0.1, -0.05) is 12.2 Å². The maximum Gasteiger partial charge on any atom is 0.254 e. The molecule has 5 rings (SSSR count). The third kappa shape index (κ3) is 2.52. The van der Waals surface area contributed by atoms with Crippen molar-refractivity contribution in [3.63, 3.8) is 0 Å². The van der Waals surface area contributed by atoms with Crippen molar-refractivity contribution in [2.75, 3.05) is 13.1 Å². The molecular weight excluding hydrogens is 362 g/mol. The molecule has 0 spiro atoms. The first-order chi connectivity index (χ1) is 13.0. The Morgan fingerprint density at radius 1 is 1.11 bits per heavy atom. The molecule has 0 N–H and O–H groups in total. The molecular formula is C20H19N3O3S. The number of hydrogen-bond acceptors (Lipinski definition) is 5. The monoisotopic (exact) mass is 381 g/mol. The zero-order valence-corrected chi connectivity index (χ0v) is 15.7. The molecule has 2 aromatic rings. The molecule has 3 amide bonds. The summed E-state index contributed by atoms with van der Waals surface area (Å²) in [6.45, 7) is 2.79. The van der Waals surface area contributed by atoms with Gasteiger partial charge >= 0.3 is 0 Å². The Morgan fingerprint density at radius 2 is 1.78 bits per heavy atom. The molecule has 0 saturated carbocycles. The molecule has 138 valence electrons. The maximum atomic E-state index is 12.8.